The van der Waals surface area contributed by atoms with E-state index >= 15 is 0 Å². The van der Waals surface area contributed by atoms with Gasteiger partial charge in [-0.1, -0.05) is 0 Å². The predicted molar refractivity (Wildman–Crippen MR) is 17.9 cm³/mol. The molecule has 8 heavy (non-hydrogen) atoms. The van der Waals surface area contributed by atoms with Crippen LogP contribution in [0.25, 0.3) is 0 Å². The van der Waals surface area contributed by atoms with Crippen LogP contribution in [-0.2, 0) is 21.6 Å². The van der Waals surface area contributed by atoms with E-state index in [1.54, 1.807) is 0 Å². The standard InChI is InChI=1S/FH.Fe.Na.H3O4P.H/c;;;1-5(2,3)4;/h1H;;;(H3,1,2,3,4);/q;;+1;;-1. The Labute approximate surface area is 79.5 Å². The maximum Gasteiger partial charge on any atom is 1.00 e. The zero-order valence-corrected chi connectivity index (χ0v) is 7.96. The van der Waals surface area contributed by atoms with E-state index in [1.807, 2.05) is 0 Å². The minimum absolute atomic E-state index is 0. The summed E-state index contributed by atoms with van der Waals surface area (Å²) >= 11 is 0. The first-order valence-electron chi connectivity index (χ1n) is 0.783. The maximum absolute atomic E-state index is 8.88. The molecule has 0 aliphatic rings. The second kappa shape index (κ2) is 8.56. The van der Waals surface area contributed by atoms with Gasteiger partial charge in [0.1, 0.15) is 0 Å². The van der Waals surface area contributed by atoms with Crippen molar-refractivity contribution in [3.8, 4) is 0 Å². The second-order valence-electron chi connectivity index (χ2n) is 0.513. The van der Waals surface area contributed by atoms with Crippen molar-refractivity contribution in [1.29, 1.82) is 0 Å². The Hall–Kier alpha value is 1.56. The molecule has 4 nitrogen and oxygen atoms in total. The molecule has 0 aromatic heterocycles. The van der Waals surface area contributed by atoms with Gasteiger partial charge in [0.05, 0.1) is 0 Å². The normalized spacial score (nSPS) is 7.38. The first-order valence-corrected chi connectivity index (χ1v) is 2.35. The summed E-state index contributed by atoms with van der Waals surface area (Å²) < 4.78 is 8.88. The first kappa shape index (κ1) is 22.7. The van der Waals surface area contributed by atoms with E-state index in [4.69, 9.17) is 19.2 Å². The van der Waals surface area contributed by atoms with Gasteiger partial charge in [-0.2, -0.15) is 0 Å². The molecule has 0 radical (unpaired) electrons. The molecule has 0 fully saturated rings. The number of phosphoric acid groups is 1. The molecule has 8 heteroatoms. The second-order valence-corrected chi connectivity index (χ2v) is 1.54. The molecule has 3 N–H and O–H groups in total. The summed E-state index contributed by atoms with van der Waals surface area (Å²) in [5.41, 5.74) is 0. The average molecular weight is 198 g/mol. The fraction of sp³-hybridized carbons (Fsp3) is 0. The van der Waals surface area contributed by atoms with Gasteiger partial charge in [0, 0.05) is 17.1 Å². The topological polar surface area (TPSA) is 77.8 Å². The summed E-state index contributed by atoms with van der Waals surface area (Å²) in [5.74, 6) is 0. The van der Waals surface area contributed by atoms with Gasteiger partial charge in [-0.25, -0.2) is 4.57 Å². The molecular weight excluding hydrogens is 193 g/mol. The smallest absolute Gasteiger partial charge is 1.00 e. The summed E-state index contributed by atoms with van der Waals surface area (Å²) in [6.45, 7) is 0. The number of hydrogen-bond acceptors (Lipinski definition) is 1. The first-order chi connectivity index (χ1) is 2.00. The van der Waals surface area contributed by atoms with Gasteiger partial charge in [0.25, 0.3) is 0 Å². The van der Waals surface area contributed by atoms with Crippen LogP contribution in [0, 0.1) is 0 Å². The monoisotopic (exact) mass is 198 g/mol. The Morgan fingerprint density at radius 1 is 1.25 bits per heavy atom. The molecule has 0 unspecified atom stereocenters. The minimum Gasteiger partial charge on any atom is -1.00 e. The van der Waals surface area contributed by atoms with Crippen molar-refractivity contribution in [3.63, 3.8) is 0 Å². The molecule has 0 rings (SSSR count). The molecule has 0 aromatic carbocycles. The largest absolute Gasteiger partial charge is 1.00 e. The van der Waals surface area contributed by atoms with Crippen molar-refractivity contribution < 1.29 is 72.0 Å². The van der Waals surface area contributed by atoms with Crippen LogP contribution in [0.15, 0.2) is 0 Å². The number of rotatable bonds is 0. The zero-order chi connectivity index (χ0) is 4.50. The third-order valence-corrected chi connectivity index (χ3v) is 0. The number of hydrogen-bond donors (Lipinski definition) is 3. The van der Waals surface area contributed by atoms with Crippen molar-refractivity contribution in [3.05, 3.63) is 0 Å². The van der Waals surface area contributed by atoms with Crippen LogP contribution in [0.2, 0.25) is 0 Å². The van der Waals surface area contributed by atoms with Crippen molar-refractivity contribution in [1.82, 2.24) is 0 Å². The molecule has 0 bridgehead atoms. The van der Waals surface area contributed by atoms with Crippen LogP contribution in [0.3, 0.4) is 0 Å². The van der Waals surface area contributed by atoms with E-state index in [2.05, 4.69) is 0 Å². The van der Waals surface area contributed by atoms with E-state index in [1.165, 1.54) is 0 Å². The Bertz CT molecular complexity index is 66.7. The molecule has 0 heterocycles. The van der Waals surface area contributed by atoms with Gasteiger partial charge in [0.15, 0.2) is 0 Å². The average Bonchev–Trinajstić information content (AvgIpc) is 0.722. The summed E-state index contributed by atoms with van der Waals surface area (Å²) in [6, 6.07) is 0. The van der Waals surface area contributed by atoms with Crippen molar-refractivity contribution in [2.75, 3.05) is 0 Å². The number of halogens is 1. The summed E-state index contributed by atoms with van der Waals surface area (Å²) in [4.78, 5) is 21.6. The summed E-state index contributed by atoms with van der Waals surface area (Å²) in [5, 5.41) is 0. The van der Waals surface area contributed by atoms with E-state index in [0.717, 1.165) is 0 Å². The molecule has 0 saturated carbocycles. The molecule has 0 atom stereocenters. The van der Waals surface area contributed by atoms with E-state index in [9.17, 15) is 0 Å². The van der Waals surface area contributed by atoms with Crippen molar-refractivity contribution in [2.45, 2.75) is 0 Å². The fourth-order valence-corrected chi connectivity index (χ4v) is 0. The molecule has 0 aliphatic heterocycles. The quantitative estimate of drug-likeness (QED) is 0.277. The summed E-state index contributed by atoms with van der Waals surface area (Å²) in [7, 11) is -4.64. The zero-order valence-electron chi connectivity index (χ0n) is 4.96. The third-order valence-electron chi connectivity index (χ3n) is 0. The van der Waals surface area contributed by atoms with Crippen LogP contribution < -0.4 is 29.6 Å². The minimum atomic E-state index is -4.64. The molecule has 0 amide bonds. The Balaban J connectivity index is -0.0000000133. The molecule has 0 spiro atoms. The summed E-state index contributed by atoms with van der Waals surface area (Å²) in [6.07, 6.45) is 0. The Morgan fingerprint density at radius 3 is 1.25 bits per heavy atom. The maximum atomic E-state index is 8.88. The van der Waals surface area contributed by atoms with Gasteiger partial charge in [-0.3, -0.25) is 4.70 Å². The predicted octanol–water partition coefficient (Wildman–Crippen LogP) is -3.66. The van der Waals surface area contributed by atoms with Gasteiger partial charge in [0.2, 0.25) is 0 Å². The van der Waals surface area contributed by atoms with Crippen LogP contribution in [-0.4, -0.2) is 14.7 Å². The van der Waals surface area contributed by atoms with Crippen LogP contribution in [0.5, 0.6) is 0 Å². The van der Waals surface area contributed by atoms with Crippen LogP contribution in [0.1, 0.15) is 1.43 Å². The Morgan fingerprint density at radius 2 is 1.25 bits per heavy atom. The van der Waals surface area contributed by atoms with Crippen molar-refractivity contribution >= 4 is 7.82 Å². The molecule has 50 valence electrons. The third kappa shape index (κ3) is 134. The van der Waals surface area contributed by atoms with Crippen molar-refractivity contribution in [2.24, 2.45) is 0 Å². The van der Waals surface area contributed by atoms with E-state index in [-0.39, 0.29) is 52.8 Å². The molecule has 0 saturated heterocycles. The van der Waals surface area contributed by atoms with E-state index in [0.29, 0.717) is 0 Å². The SMILES string of the molecule is F.O=P(O)(O)O.[Fe].[H-].[Na+]. The van der Waals surface area contributed by atoms with Crippen LogP contribution >= 0.6 is 7.82 Å². The van der Waals surface area contributed by atoms with E-state index < -0.39 is 7.82 Å². The molecule has 0 aliphatic carbocycles. The Kier molecular flexibility index (Phi) is 24.2. The molecular formula is H5FFeNaO4P. The molecule has 0 aromatic rings. The fourth-order valence-electron chi connectivity index (χ4n) is 0. The van der Waals surface area contributed by atoms with Gasteiger partial charge < -0.3 is 16.1 Å². The van der Waals surface area contributed by atoms with Gasteiger partial charge in [-0.05, 0) is 0 Å². The van der Waals surface area contributed by atoms with Gasteiger partial charge >= 0.3 is 37.4 Å². The van der Waals surface area contributed by atoms with Gasteiger partial charge in [-0.15, -0.1) is 0 Å². The van der Waals surface area contributed by atoms with Crippen LogP contribution in [0.4, 0.5) is 4.70 Å².